The monoisotopic (exact) mass is 402 g/mol. The van der Waals surface area contributed by atoms with Gasteiger partial charge in [-0.2, -0.15) is 0 Å². The Balaban J connectivity index is 1.69. The van der Waals surface area contributed by atoms with Crippen LogP contribution in [0.3, 0.4) is 0 Å². The van der Waals surface area contributed by atoms with Crippen molar-refractivity contribution in [2.45, 2.75) is 24.6 Å². The molecule has 3 aromatic rings. The van der Waals surface area contributed by atoms with E-state index >= 15 is 0 Å². The summed E-state index contributed by atoms with van der Waals surface area (Å²) in [7, 11) is 0. The molecule has 1 aliphatic rings. The minimum atomic E-state index is -1.44. The van der Waals surface area contributed by atoms with Crippen molar-refractivity contribution in [1.29, 1.82) is 0 Å². The molecule has 1 fully saturated rings. The van der Waals surface area contributed by atoms with E-state index in [9.17, 15) is 25.2 Å². The van der Waals surface area contributed by atoms with Crippen LogP contribution >= 0.6 is 0 Å². The van der Waals surface area contributed by atoms with E-state index in [1.54, 1.807) is 12.1 Å². The third-order valence-electron chi connectivity index (χ3n) is 4.80. The van der Waals surface area contributed by atoms with E-state index in [2.05, 4.69) is 0 Å². The van der Waals surface area contributed by atoms with Gasteiger partial charge in [0.15, 0.2) is 11.3 Å². The first-order valence-electron chi connectivity index (χ1n) is 8.76. The van der Waals surface area contributed by atoms with Crippen molar-refractivity contribution in [3.63, 3.8) is 0 Å². The number of aromatic hydroxyl groups is 2. The zero-order chi connectivity index (χ0) is 20.7. The zero-order valence-electron chi connectivity index (χ0n) is 14.9. The summed E-state index contributed by atoms with van der Waals surface area (Å²) in [6.45, 7) is -0.517. The molecule has 0 amide bonds. The van der Waals surface area contributed by atoms with Crippen LogP contribution in [0.15, 0.2) is 51.9 Å². The molecule has 29 heavy (non-hydrogen) atoms. The van der Waals surface area contributed by atoms with Crippen LogP contribution < -0.4 is 10.2 Å². The van der Waals surface area contributed by atoms with E-state index in [0.29, 0.717) is 5.56 Å². The summed E-state index contributed by atoms with van der Waals surface area (Å²) in [4.78, 5) is 12.8. The number of phenolic OH excluding ortho intramolecular Hbond substituents is 2. The van der Waals surface area contributed by atoms with E-state index < -0.39 is 42.4 Å². The average Bonchev–Trinajstić information content (AvgIpc) is 2.99. The van der Waals surface area contributed by atoms with Gasteiger partial charge in [0.25, 0.3) is 0 Å². The second-order valence-electron chi connectivity index (χ2n) is 6.64. The number of aliphatic hydroxyl groups excluding tert-OH is 3. The first kappa shape index (κ1) is 19.2. The van der Waals surface area contributed by atoms with Crippen molar-refractivity contribution in [3.8, 4) is 28.4 Å². The highest BCUT2D eigenvalue weighted by Crippen LogP contribution is 2.36. The summed E-state index contributed by atoms with van der Waals surface area (Å²) in [5.41, 5.74) is 0.257. The molecule has 0 radical (unpaired) electrons. The Morgan fingerprint density at radius 2 is 1.72 bits per heavy atom. The highest BCUT2D eigenvalue weighted by molar-refractivity contribution is 5.87. The lowest BCUT2D eigenvalue weighted by molar-refractivity contribution is -0.117. The Kier molecular flexibility index (Phi) is 4.89. The summed E-state index contributed by atoms with van der Waals surface area (Å²) in [5, 5.41) is 48.8. The predicted molar refractivity (Wildman–Crippen MR) is 99.6 cm³/mol. The third-order valence-corrected chi connectivity index (χ3v) is 4.80. The lowest BCUT2D eigenvalue weighted by Crippen LogP contribution is -2.35. The van der Waals surface area contributed by atoms with Crippen molar-refractivity contribution < 1.29 is 39.4 Å². The highest BCUT2D eigenvalue weighted by atomic mass is 16.7. The number of hydrogen-bond acceptors (Lipinski definition) is 9. The quantitative estimate of drug-likeness (QED) is 0.425. The Morgan fingerprint density at radius 1 is 1.00 bits per heavy atom. The maximum absolute atomic E-state index is 12.8. The summed E-state index contributed by atoms with van der Waals surface area (Å²) < 4.78 is 16.1. The SMILES string of the molecule is O=c1c(-c2ccc(O)cc2)coc2c(O)c(O[C@@H]3O[C@@H](CO)[C@H](O)[C@H]3O)ccc12. The Labute approximate surface area is 163 Å². The van der Waals surface area contributed by atoms with Crippen LogP contribution in [0.25, 0.3) is 22.1 Å². The summed E-state index contributed by atoms with van der Waals surface area (Å²) >= 11 is 0. The van der Waals surface area contributed by atoms with Gasteiger partial charge in [-0.1, -0.05) is 12.1 Å². The normalized spacial score (nSPS) is 24.1. The second-order valence-corrected chi connectivity index (χ2v) is 6.64. The van der Waals surface area contributed by atoms with E-state index in [1.807, 2.05) is 0 Å². The van der Waals surface area contributed by atoms with Crippen molar-refractivity contribution >= 4 is 11.0 Å². The van der Waals surface area contributed by atoms with E-state index in [-0.39, 0.29) is 28.0 Å². The molecule has 0 unspecified atom stereocenters. The molecule has 1 aliphatic heterocycles. The second kappa shape index (κ2) is 7.37. The smallest absolute Gasteiger partial charge is 0.229 e. The molecular weight excluding hydrogens is 384 g/mol. The first-order chi connectivity index (χ1) is 13.9. The van der Waals surface area contributed by atoms with Gasteiger partial charge in [0, 0.05) is 0 Å². The van der Waals surface area contributed by atoms with E-state index in [0.717, 1.165) is 0 Å². The molecule has 9 heteroatoms. The van der Waals surface area contributed by atoms with Gasteiger partial charge in [0.2, 0.25) is 17.5 Å². The maximum atomic E-state index is 12.8. The maximum Gasteiger partial charge on any atom is 0.229 e. The van der Waals surface area contributed by atoms with Crippen LogP contribution in [0.5, 0.6) is 17.2 Å². The van der Waals surface area contributed by atoms with Gasteiger partial charge < -0.3 is 39.4 Å². The molecule has 1 saturated heterocycles. The molecule has 2 aromatic carbocycles. The number of rotatable bonds is 4. The Hall–Kier alpha value is -3.11. The van der Waals surface area contributed by atoms with Gasteiger partial charge >= 0.3 is 0 Å². The van der Waals surface area contributed by atoms with Crippen LogP contribution in [0.4, 0.5) is 0 Å². The minimum Gasteiger partial charge on any atom is -0.508 e. The van der Waals surface area contributed by atoms with Crippen LogP contribution in [0.1, 0.15) is 0 Å². The van der Waals surface area contributed by atoms with Crippen molar-refractivity contribution in [2.24, 2.45) is 0 Å². The fraction of sp³-hybridized carbons (Fsp3) is 0.250. The van der Waals surface area contributed by atoms with Crippen molar-refractivity contribution in [3.05, 3.63) is 52.9 Å². The summed E-state index contributed by atoms with van der Waals surface area (Å²) in [5.74, 6) is -0.550. The van der Waals surface area contributed by atoms with Gasteiger partial charge in [0.05, 0.1) is 17.6 Å². The molecule has 152 valence electrons. The number of fused-ring (bicyclic) bond motifs is 1. The summed E-state index contributed by atoms with van der Waals surface area (Å²) in [6.07, 6.45) is -3.95. The predicted octanol–water partition coefficient (Wildman–Crippen LogP) is 0.689. The lowest BCUT2D eigenvalue weighted by Gasteiger charge is -2.18. The third kappa shape index (κ3) is 3.30. The van der Waals surface area contributed by atoms with Gasteiger partial charge in [-0.15, -0.1) is 0 Å². The fourth-order valence-electron chi connectivity index (χ4n) is 3.19. The highest BCUT2D eigenvalue weighted by Gasteiger charge is 2.44. The van der Waals surface area contributed by atoms with Gasteiger partial charge in [-0.25, -0.2) is 0 Å². The molecule has 2 heterocycles. The van der Waals surface area contributed by atoms with Crippen LogP contribution in [0, 0.1) is 0 Å². The van der Waals surface area contributed by atoms with Crippen LogP contribution in [-0.4, -0.2) is 56.7 Å². The molecule has 0 bridgehead atoms. The standard InChI is InChI=1S/C20H18O9/c21-7-14-16(24)18(26)20(29-14)28-13-6-5-11-15(23)12(8-27-19(11)17(13)25)9-1-3-10(22)4-2-9/h1-6,8,14,16,18,20-22,24-26H,7H2/t14-,16-,18+,20+/m0/s1. The molecule has 0 aliphatic carbocycles. The number of aliphatic hydroxyl groups is 3. The molecular formula is C20H18O9. The molecule has 0 spiro atoms. The van der Waals surface area contributed by atoms with E-state index in [4.69, 9.17) is 19.0 Å². The number of hydrogen-bond donors (Lipinski definition) is 5. The Bertz CT molecular complexity index is 1090. The molecule has 4 rings (SSSR count). The molecule has 0 saturated carbocycles. The fourth-order valence-corrected chi connectivity index (χ4v) is 3.19. The number of ether oxygens (including phenoxy) is 2. The zero-order valence-corrected chi connectivity index (χ0v) is 14.9. The molecule has 4 atom stereocenters. The van der Waals surface area contributed by atoms with Crippen LogP contribution in [0.2, 0.25) is 0 Å². The summed E-state index contributed by atoms with van der Waals surface area (Å²) in [6, 6.07) is 8.70. The molecule has 1 aromatic heterocycles. The first-order valence-corrected chi connectivity index (χ1v) is 8.76. The minimum absolute atomic E-state index is 0.0586. The molecule has 9 nitrogen and oxygen atoms in total. The van der Waals surface area contributed by atoms with Crippen molar-refractivity contribution in [2.75, 3.05) is 6.61 Å². The van der Waals surface area contributed by atoms with Crippen molar-refractivity contribution in [1.82, 2.24) is 0 Å². The topological polar surface area (TPSA) is 150 Å². The van der Waals surface area contributed by atoms with Crippen LogP contribution in [-0.2, 0) is 4.74 Å². The lowest BCUT2D eigenvalue weighted by atomic mass is 10.1. The Morgan fingerprint density at radius 3 is 2.38 bits per heavy atom. The van der Waals surface area contributed by atoms with Gasteiger partial charge in [-0.05, 0) is 29.8 Å². The number of benzene rings is 2. The van der Waals surface area contributed by atoms with Gasteiger partial charge in [-0.3, -0.25) is 4.79 Å². The van der Waals surface area contributed by atoms with Gasteiger partial charge in [0.1, 0.15) is 30.3 Å². The average molecular weight is 402 g/mol. The largest absolute Gasteiger partial charge is 0.508 e. The number of phenols is 2. The van der Waals surface area contributed by atoms with E-state index in [1.165, 1.54) is 30.5 Å². The molecule has 5 N–H and O–H groups in total.